The highest BCUT2D eigenvalue weighted by atomic mass is 127. The van der Waals surface area contributed by atoms with Gasteiger partial charge in [-0.15, -0.1) is 24.0 Å². The predicted molar refractivity (Wildman–Crippen MR) is 108 cm³/mol. The highest BCUT2D eigenvalue weighted by Gasteiger charge is 2.04. The van der Waals surface area contributed by atoms with Crippen molar-refractivity contribution in [2.75, 3.05) is 20.2 Å². The highest BCUT2D eigenvalue weighted by Crippen LogP contribution is 2.06. The topological polar surface area (TPSA) is 75.9 Å². The van der Waals surface area contributed by atoms with Crippen LogP contribution in [0.4, 0.5) is 0 Å². The zero-order valence-electron chi connectivity index (χ0n) is 14.5. The molecule has 0 aliphatic rings. The number of methoxy groups -OCH3 is 1. The molecule has 1 aromatic carbocycles. The van der Waals surface area contributed by atoms with Crippen LogP contribution in [0, 0.1) is 0 Å². The van der Waals surface area contributed by atoms with Gasteiger partial charge in [-0.1, -0.05) is 12.1 Å². The fourth-order valence-electron chi connectivity index (χ4n) is 2.15. The molecule has 136 valence electrons. The molecular weight excluding hydrogens is 433 g/mol. The number of halogens is 1. The molecule has 0 aliphatic carbocycles. The zero-order chi connectivity index (χ0) is 17.2. The summed E-state index contributed by atoms with van der Waals surface area (Å²) in [5, 5.41) is 6.48. The van der Waals surface area contributed by atoms with Gasteiger partial charge in [-0.3, -0.25) is 0 Å². The molecule has 0 spiro atoms. The van der Waals surface area contributed by atoms with Gasteiger partial charge in [0.1, 0.15) is 12.3 Å². The number of hydrogen-bond acceptors (Lipinski definition) is 4. The third-order valence-electron chi connectivity index (χ3n) is 3.40. The van der Waals surface area contributed by atoms with E-state index in [-0.39, 0.29) is 29.9 Å². The number of guanidine groups is 1. The lowest BCUT2D eigenvalue weighted by Crippen LogP contribution is -2.38. The lowest BCUT2D eigenvalue weighted by Gasteiger charge is -2.11. The number of nitrogens with one attached hydrogen (secondary N) is 2. The Balaban J connectivity index is 0.00000312. The molecule has 0 bridgehead atoms. The Morgan fingerprint density at radius 3 is 2.56 bits per heavy atom. The summed E-state index contributed by atoms with van der Waals surface area (Å²) in [5.74, 6) is 1.25. The Bertz CT molecular complexity index is 655. The second-order valence-electron chi connectivity index (χ2n) is 5.14. The third kappa shape index (κ3) is 7.16. The molecule has 25 heavy (non-hydrogen) atoms. The maximum atomic E-state index is 11.4. The molecule has 7 heteroatoms. The average molecular weight is 457 g/mol. The van der Waals surface area contributed by atoms with Crippen molar-refractivity contribution in [3.8, 4) is 0 Å². The number of rotatable bonds is 7. The van der Waals surface area contributed by atoms with Crippen molar-refractivity contribution in [1.82, 2.24) is 10.6 Å². The Labute approximate surface area is 165 Å². The molecule has 2 rings (SSSR count). The molecule has 0 unspecified atom stereocenters. The van der Waals surface area contributed by atoms with E-state index in [2.05, 4.69) is 15.6 Å². The summed E-state index contributed by atoms with van der Waals surface area (Å²) in [6, 6.07) is 11.2. The molecule has 0 saturated heterocycles. The van der Waals surface area contributed by atoms with Crippen LogP contribution in [0.2, 0.25) is 0 Å². The van der Waals surface area contributed by atoms with Crippen LogP contribution in [-0.4, -0.2) is 32.1 Å². The number of carbonyl (C=O) groups excluding carboxylic acids is 1. The van der Waals surface area contributed by atoms with E-state index in [1.54, 1.807) is 18.4 Å². The Hall–Kier alpha value is -2.03. The monoisotopic (exact) mass is 457 g/mol. The van der Waals surface area contributed by atoms with E-state index in [0.29, 0.717) is 12.1 Å². The first-order chi connectivity index (χ1) is 11.7. The molecule has 2 aromatic rings. The van der Waals surface area contributed by atoms with E-state index in [9.17, 15) is 4.79 Å². The molecule has 6 nitrogen and oxygen atoms in total. The number of carbonyl (C=O) groups is 1. The standard InChI is InChI=1S/C18H23N3O3.HI/c1-3-19-18(21-13-16-5-4-12-24-16)20-11-10-14-6-8-15(9-7-14)17(22)23-2;/h4-9,12H,3,10-11,13H2,1-2H3,(H2,19,20,21);1H. The maximum Gasteiger partial charge on any atom is 0.337 e. The van der Waals surface area contributed by atoms with Crippen LogP contribution < -0.4 is 10.6 Å². The molecule has 2 N–H and O–H groups in total. The summed E-state index contributed by atoms with van der Waals surface area (Å²) in [4.78, 5) is 15.9. The van der Waals surface area contributed by atoms with Crippen molar-refractivity contribution in [3.63, 3.8) is 0 Å². The SMILES string of the molecule is CCNC(=NCc1ccco1)NCCc1ccc(C(=O)OC)cc1.I. The van der Waals surface area contributed by atoms with Crippen molar-refractivity contribution in [2.45, 2.75) is 19.9 Å². The lowest BCUT2D eigenvalue weighted by atomic mass is 10.1. The highest BCUT2D eigenvalue weighted by molar-refractivity contribution is 14.0. The van der Waals surface area contributed by atoms with Crippen molar-refractivity contribution in [2.24, 2.45) is 4.99 Å². The minimum atomic E-state index is -0.320. The van der Waals surface area contributed by atoms with Gasteiger partial charge >= 0.3 is 5.97 Å². The molecule has 0 saturated carbocycles. The Kier molecular flexibility index (Phi) is 9.68. The van der Waals surface area contributed by atoms with Crippen molar-refractivity contribution < 1.29 is 13.9 Å². The van der Waals surface area contributed by atoms with Gasteiger partial charge in [0.25, 0.3) is 0 Å². The van der Waals surface area contributed by atoms with Gasteiger partial charge in [0.15, 0.2) is 5.96 Å². The van der Waals surface area contributed by atoms with E-state index in [1.807, 2.05) is 31.2 Å². The largest absolute Gasteiger partial charge is 0.467 e. The number of nitrogens with zero attached hydrogens (tertiary/aromatic N) is 1. The first-order valence-electron chi connectivity index (χ1n) is 7.94. The minimum absolute atomic E-state index is 0. The number of esters is 1. The fraction of sp³-hybridized carbons (Fsp3) is 0.333. The number of benzene rings is 1. The molecule has 0 atom stereocenters. The Morgan fingerprint density at radius 1 is 1.20 bits per heavy atom. The van der Waals surface area contributed by atoms with E-state index in [4.69, 9.17) is 9.15 Å². The van der Waals surface area contributed by atoms with Crippen LogP contribution >= 0.6 is 24.0 Å². The quantitative estimate of drug-likeness (QED) is 0.290. The molecule has 0 aliphatic heterocycles. The molecule has 1 heterocycles. The molecule has 1 aromatic heterocycles. The van der Waals surface area contributed by atoms with E-state index >= 15 is 0 Å². The molecule has 0 fully saturated rings. The summed E-state index contributed by atoms with van der Waals surface area (Å²) < 4.78 is 9.97. The van der Waals surface area contributed by atoms with Crippen LogP contribution in [0.5, 0.6) is 0 Å². The Morgan fingerprint density at radius 2 is 1.96 bits per heavy atom. The van der Waals surface area contributed by atoms with Crippen LogP contribution in [-0.2, 0) is 17.7 Å². The smallest absolute Gasteiger partial charge is 0.337 e. The van der Waals surface area contributed by atoms with Gasteiger partial charge in [-0.25, -0.2) is 9.79 Å². The third-order valence-corrected chi connectivity index (χ3v) is 3.40. The number of hydrogen-bond donors (Lipinski definition) is 2. The van der Waals surface area contributed by atoms with E-state index in [1.165, 1.54) is 7.11 Å². The summed E-state index contributed by atoms with van der Waals surface area (Å²) >= 11 is 0. The number of furan rings is 1. The maximum absolute atomic E-state index is 11.4. The van der Waals surface area contributed by atoms with Gasteiger partial charge in [0.05, 0.1) is 18.9 Å². The van der Waals surface area contributed by atoms with Gasteiger partial charge < -0.3 is 19.8 Å². The summed E-state index contributed by atoms with van der Waals surface area (Å²) in [6.07, 6.45) is 2.47. The second kappa shape index (κ2) is 11.5. The second-order valence-corrected chi connectivity index (χ2v) is 5.14. The molecule has 0 amide bonds. The van der Waals surface area contributed by atoms with Gasteiger partial charge in [-0.05, 0) is 43.2 Å². The number of ether oxygens (including phenoxy) is 1. The first kappa shape index (κ1) is 21.0. The number of aliphatic imine (C=N–C) groups is 1. The first-order valence-corrected chi connectivity index (χ1v) is 7.94. The van der Waals surface area contributed by atoms with Crippen LogP contribution in [0.1, 0.15) is 28.6 Å². The van der Waals surface area contributed by atoms with Crippen molar-refractivity contribution >= 4 is 35.9 Å². The average Bonchev–Trinajstić information content (AvgIpc) is 3.13. The van der Waals surface area contributed by atoms with Crippen LogP contribution in [0.25, 0.3) is 0 Å². The summed E-state index contributed by atoms with van der Waals surface area (Å²) in [7, 11) is 1.38. The normalized spacial score (nSPS) is 10.7. The van der Waals surface area contributed by atoms with Gasteiger partial charge in [0.2, 0.25) is 0 Å². The summed E-state index contributed by atoms with van der Waals surface area (Å²) in [6.45, 7) is 4.05. The van der Waals surface area contributed by atoms with E-state index < -0.39 is 0 Å². The fourth-order valence-corrected chi connectivity index (χ4v) is 2.15. The van der Waals surface area contributed by atoms with Crippen LogP contribution in [0.3, 0.4) is 0 Å². The minimum Gasteiger partial charge on any atom is -0.467 e. The van der Waals surface area contributed by atoms with Gasteiger partial charge in [-0.2, -0.15) is 0 Å². The predicted octanol–water partition coefficient (Wildman–Crippen LogP) is 2.98. The lowest BCUT2D eigenvalue weighted by molar-refractivity contribution is 0.0600. The zero-order valence-corrected chi connectivity index (χ0v) is 16.8. The molecular formula is C18H24IN3O3. The van der Waals surface area contributed by atoms with Crippen LogP contribution in [0.15, 0.2) is 52.1 Å². The van der Waals surface area contributed by atoms with Gasteiger partial charge in [0, 0.05) is 13.1 Å². The van der Waals surface area contributed by atoms with Crippen molar-refractivity contribution in [1.29, 1.82) is 0 Å². The van der Waals surface area contributed by atoms with Crippen molar-refractivity contribution in [3.05, 3.63) is 59.5 Å². The van der Waals surface area contributed by atoms with E-state index in [0.717, 1.165) is 36.8 Å². The molecule has 0 radical (unpaired) electrons. The summed E-state index contributed by atoms with van der Waals surface area (Å²) in [5.41, 5.74) is 1.69.